The summed E-state index contributed by atoms with van der Waals surface area (Å²) in [5, 5.41) is 0. The van der Waals surface area contributed by atoms with Crippen LogP contribution < -0.4 is 0 Å². The molecule has 98 valence electrons. The lowest BCUT2D eigenvalue weighted by atomic mass is 10.2. The molecule has 0 fully saturated rings. The van der Waals surface area contributed by atoms with Gasteiger partial charge in [0.05, 0.1) is 9.80 Å². The van der Waals surface area contributed by atoms with Crippen LogP contribution in [0.5, 0.6) is 0 Å². The Morgan fingerprint density at radius 2 is 1.89 bits per heavy atom. The van der Waals surface area contributed by atoms with Gasteiger partial charge in [-0.3, -0.25) is 0 Å². The van der Waals surface area contributed by atoms with Crippen molar-refractivity contribution in [1.82, 2.24) is 0 Å². The average molecular weight is 264 g/mol. The molecule has 0 saturated heterocycles. The minimum atomic E-state index is -3.37. The van der Waals surface area contributed by atoms with Crippen LogP contribution in [0.2, 0.25) is 0 Å². The maximum absolute atomic E-state index is 12.4. The number of benzene rings is 1. The quantitative estimate of drug-likeness (QED) is 0.725. The zero-order chi connectivity index (χ0) is 13.4. The number of unbranched alkanes of at least 4 members (excludes halogenated alkanes) is 1. The lowest BCUT2D eigenvalue weighted by molar-refractivity contribution is 0.599. The summed E-state index contributed by atoms with van der Waals surface area (Å²) < 4.78 is 24.8. The molecule has 0 aliphatic carbocycles. The molecule has 0 spiro atoms. The van der Waals surface area contributed by atoms with Gasteiger partial charge in [0.1, 0.15) is 0 Å². The summed E-state index contributed by atoms with van der Waals surface area (Å²) in [5.41, 5.74) is 2.95. The van der Waals surface area contributed by atoms with Gasteiger partial charge < -0.3 is 0 Å². The Balaban J connectivity index is 3.17. The molecule has 0 unspecified atom stereocenters. The highest BCUT2D eigenvalue weighted by Crippen LogP contribution is 2.22. The first-order valence-electron chi connectivity index (χ1n) is 6.37. The second-order valence-corrected chi connectivity index (χ2v) is 6.07. The summed E-state index contributed by atoms with van der Waals surface area (Å²) in [4.78, 5) is 0.755. The van der Waals surface area contributed by atoms with Gasteiger partial charge in [0.2, 0.25) is 9.84 Å². The van der Waals surface area contributed by atoms with Crippen LogP contribution in [0, 0.1) is 0 Å². The molecule has 0 aliphatic rings. The highest BCUT2D eigenvalue weighted by Gasteiger charge is 2.19. The molecule has 3 heteroatoms. The van der Waals surface area contributed by atoms with Gasteiger partial charge in [0.15, 0.2) is 0 Å². The van der Waals surface area contributed by atoms with E-state index in [0.717, 1.165) is 19.3 Å². The van der Waals surface area contributed by atoms with Crippen molar-refractivity contribution in [1.29, 1.82) is 0 Å². The van der Waals surface area contributed by atoms with Crippen LogP contribution in [0.4, 0.5) is 0 Å². The first-order valence-corrected chi connectivity index (χ1v) is 7.85. The van der Waals surface area contributed by atoms with E-state index >= 15 is 0 Å². The van der Waals surface area contributed by atoms with Crippen LogP contribution in [0.15, 0.2) is 51.9 Å². The highest BCUT2D eigenvalue weighted by atomic mass is 32.2. The second-order valence-electron chi connectivity index (χ2n) is 4.10. The van der Waals surface area contributed by atoms with E-state index in [-0.39, 0.29) is 0 Å². The number of allylic oxidation sites excluding steroid dienone is 1. The van der Waals surface area contributed by atoms with Gasteiger partial charge in [0.25, 0.3) is 0 Å². The van der Waals surface area contributed by atoms with E-state index in [2.05, 4.69) is 12.7 Å². The fourth-order valence-electron chi connectivity index (χ4n) is 1.58. The summed E-state index contributed by atoms with van der Waals surface area (Å²) in [6, 6.07) is 8.57. The van der Waals surface area contributed by atoms with Crippen molar-refractivity contribution in [2.24, 2.45) is 0 Å². The predicted molar refractivity (Wildman–Crippen MR) is 75.0 cm³/mol. The van der Waals surface area contributed by atoms with E-state index in [4.69, 9.17) is 0 Å². The third-order valence-electron chi connectivity index (χ3n) is 2.60. The summed E-state index contributed by atoms with van der Waals surface area (Å²) in [6.45, 7) is 4.02. The first-order chi connectivity index (χ1) is 8.62. The number of sulfone groups is 1. The maximum atomic E-state index is 12.4. The van der Waals surface area contributed by atoms with Crippen molar-refractivity contribution in [2.75, 3.05) is 0 Å². The molecule has 0 radical (unpaired) electrons. The van der Waals surface area contributed by atoms with Crippen LogP contribution in [0.25, 0.3) is 0 Å². The molecule has 0 aromatic heterocycles. The molecular formula is C15H20O2S. The largest absolute Gasteiger partial charge is 0.218 e. The van der Waals surface area contributed by atoms with Crippen molar-refractivity contribution in [3.8, 4) is 0 Å². The molecule has 0 bridgehead atoms. The van der Waals surface area contributed by atoms with Crippen LogP contribution >= 0.6 is 0 Å². The van der Waals surface area contributed by atoms with Gasteiger partial charge in [-0.15, -0.1) is 5.73 Å². The number of rotatable bonds is 6. The molecule has 0 saturated carbocycles. The molecule has 18 heavy (non-hydrogen) atoms. The Hall–Kier alpha value is -1.31. The minimum Gasteiger partial charge on any atom is -0.218 e. The molecule has 0 N–H and O–H groups in total. The third kappa shape index (κ3) is 3.86. The molecule has 1 rings (SSSR count). The second kappa shape index (κ2) is 7.20. The molecule has 1 aromatic rings. The van der Waals surface area contributed by atoms with Crippen molar-refractivity contribution in [2.45, 2.75) is 44.4 Å². The lowest BCUT2D eigenvalue weighted by Gasteiger charge is -2.06. The SMILES string of the molecule is CCC=C=C(CCCC)S(=O)(=O)c1ccccc1. The van der Waals surface area contributed by atoms with Crippen LogP contribution in [0.3, 0.4) is 0 Å². The van der Waals surface area contributed by atoms with E-state index in [9.17, 15) is 8.42 Å². The highest BCUT2D eigenvalue weighted by molar-refractivity contribution is 7.95. The predicted octanol–water partition coefficient (Wildman–Crippen LogP) is 4.10. The third-order valence-corrected chi connectivity index (χ3v) is 4.47. The van der Waals surface area contributed by atoms with Crippen LogP contribution in [-0.2, 0) is 9.84 Å². The standard InChI is InChI=1S/C15H20O2S/c1-3-5-10-14(11-6-4-2)18(16,17)15-12-8-7-9-13-15/h5,7-9,12-13H,3-4,6,11H2,1-2H3. The molecule has 0 atom stereocenters. The van der Waals surface area contributed by atoms with Gasteiger partial charge in [-0.1, -0.05) is 38.5 Å². The lowest BCUT2D eigenvalue weighted by Crippen LogP contribution is -2.04. The van der Waals surface area contributed by atoms with Crippen molar-refractivity contribution in [3.05, 3.63) is 47.0 Å². The molecule has 2 nitrogen and oxygen atoms in total. The van der Waals surface area contributed by atoms with Crippen molar-refractivity contribution >= 4 is 9.84 Å². The van der Waals surface area contributed by atoms with Gasteiger partial charge in [-0.05, 0) is 37.5 Å². The van der Waals surface area contributed by atoms with Crippen molar-refractivity contribution in [3.63, 3.8) is 0 Å². The van der Waals surface area contributed by atoms with E-state index in [1.807, 2.05) is 13.0 Å². The Labute approximate surface area is 110 Å². The summed E-state index contributed by atoms with van der Waals surface area (Å²) in [7, 11) is -3.37. The van der Waals surface area contributed by atoms with Gasteiger partial charge in [-0.2, -0.15) is 0 Å². The van der Waals surface area contributed by atoms with Gasteiger partial charge in [0, 0.05) is 0 Å². The summed E-state index contributed by atoms with van der Waals surface area (Å²) >= 11 is 0. The maximum Gasteiger partial charge on any atom is 0.210 e. The minimum absolute atomic E-state index is 0.355. The normalized spacial score (nSPS) is 10.8. The van der Waals surface area contributed by atoms with Crippen LogP contribution in [0.1, 0.15) is 39.5 Å². The summed E-state index contributed by atoms with van der Waals surface area (Å²) in [6.07, 6.45) is 4.98. The monoisotopic (exact) mass is 264 g/mol. The Morgan fingerprint density at radius 1 is 1.22 bits per heavy atom. The van der Waals surface area contributed by atoms with E-state index < -0.39 is 9.84 Å². The topological polar surface area (TPSA) is 34.1 Å². The first kappa shape index (κ1) is 14.7. The zero-order valence-corrected chi connectivity index (χ0v) is 11.8. The zero-order valence-electron chi connectivity index (χ0n) is 11.0. The van der Waals surface area contributed by atoms with Gasteiger partial charge >= 0.3 is 0 Å². The fourth-order valence-corrected chi connectivity index (χ4v) is 3.03. The molecule has 0 heterocycles. The number of hydrogen-bond acceptors (Lipinski definition) is 2. The number of hydrogen-bond donors (Lipinski definition) is 0. The van der Waals surface area contributed by atoms with Crippen molar-refractivity contribution < 1.29 is 8.42 Å². The van der Waals surface area contributed by atoms with E-state index in [0.29, 0.717) is 16.2 Å². The fraction of sp³-hybridized carbons (Fsp3) is 0.400. The summed E-state index contributed by atoms with van der Waals surface area (Å²) in [5.74, 6) is 0. The molecular weight excluding hydrogens is 244 g/mol. The van der Waals surface area contributed by atoms with E-state index in [1.54, 1.807) is 30.3 Å². The van der Waals surface area contributed by atoms with E-state index in [1.165, 1.54) is 0 Å². The Morgan fingerprint density at radius 3 is 2.44 bits per heavy atom. The molecule has 0 amide bonds. The smallest absolute Gasteiger partial charge is 0.210 e. The van der Waals surface area contributed by atoms with Gasteiger partial charge in [-0.25, -0.2) is 8.42 Å². The molecule has 1 aromatic carbocycles. The Bertz CT molecular complexity index is 521. The average Bonchev–Trinajstić information content (AvgIpc) is 2.39. The van der Waals surface area contributed by atoms with Crippen LogP contribution in [-0.4, -0.2) is 8.42 Å². The Kier molecular flexibility index (Phi) is 5.90. The molecule has 0 aliphatic heterocycles.